The SMILES string of the molecule is CNS(=O)(=O)c1cc(NC(=O)CN2CCC(n3cccc3C(=O)OC)CC2)ccc1C. The second kappa shape index (κ2) is 9.63. The smallest absolute Gasteiger partial charge is 0.354 e. The molecule has 1 aromatic heterocycles. The first kappa shape index (κ1) is 23.0. The third-order valence-corrected chi connectivity index (χ3v) is 7.08. The van der Waals surface area contributed by atoms with Crippen LogP contribution in [0.15, 0.2) is 41.4 Å². The summed E-state index contributed by atoms with van der Waals surface area (Å²) >= 11 is 0. The molecule has 1 aliphatic heterocycles. The number of amides is 1. The molecule has 1 saturated heterocycles. The van der Waals surface area contributed by atoms with Crippen molar-refractivity contribution in [1.82, 2.24) is 14.2 Å². The maximum absolute atomic E-state index is 12.5. The van der Waals surface area contributed by atoms with Crippen LogP contribution >= 0.6 is 0 Å². The Balaban J connectivity index is 1.57. The third-order valence-electron chi connectivity index (χ3n) is 5.52. The van der Waals surface area contributed by atoms with Crippen LogP contribution in [0.4, 0.5) is 5.69 Å². The van der Waals surface area contributed by atoms with Gasteiger partial charge in [-0.05, 0) is 56.6 Å². The Bertz CT molecular complexity index is 1060. The Morgan fingerprint density at radius 1 is 1.19 bits per heavy atom. The number of piperidine rings is 1. The molecule has 2 N–H and O–H groups in total. The van der Waals surface area contributed by atoms with Crippen molar-refractivity contribution in [3.63, 3.8) is 0 Å². The van der Waals surface area contributed by atoms with Crippen molar-refractivity contribution >= 4 is 27.6 Å². The number of esters is 1. The lowest BCUT2D eigenvalue weighted by Crippen LogP contribution is -2.40. The molecule has 1 aliphatic rings. The van der Waals surface area contributed by atoms with Crippen molar-refractivity contribution in [3.05, 3.63) is 47.8 Å². The molecule has 0 bridgehead atoms. The van der Waals surface area contributed by atoms with Crippen LogP contribution < -0.4 is 10.0 Å². The number of carbonyl (C=O) groups excluding carboxylic acids is 2. The summed E-state index contributed by atoms with van der Waals surface area (Å²) < 4.78 is 33.3. The maximum Gasteiger partial charge on any atom is 0.354 e. The Labute approximate surface area is 182 Å². The lowest BCUT2D eigenvalue weighted by atomic mass is 10.0. The van der Waals surface area contributed by atoms with Gasteiger partial charge in [0, 0.05) is 31.0 Å². The third kappa shape index (κ3) is 5.33. The van der Waals surface area contributed by atoms with E-state index >= 15 is 0 Å². The number of benzene rings is 1. The number of sulfonamides is 1. The molecule has 0 radical (unpaired) electrons. The number of rotatable bonds is 7. The Morgan fingerprint density at radius 2 is 1.90 bits per heavy atom. The molecule has 9 nitrogen and oxygen atoms in total. The van der Waals surface area contributed by atoms with Crippen molar-refractivity contribution < 1.29 is 22.7 Å². The normalized spacial score (nSPS) is 15.6. The zero-order chi connectivity index (χ0) is 22.6. The van der Waals surface area contributed by atoms with Gasteiger partial charge < -0.3 is 14.6 Å². The molecule has 1 amide bonds. The Morgan fingerprint density at radius 3 is 2.55 bits per heavy atom. The van der Waals surface area contributed by atoms with E-state index in [0.717, 1.165) is 12.8 Å². The fourth-order valence-corrected chi connectivity index (χ4v) is 4.82. The van der Waals surface area contributed by atoms with Gasteiger partial charge in [0.25, 0.3) is 0 Å². The van der Waals surface area contributed by atoms with E-state index in [1.807, 2.05) is 21.7 Å². The van der Waals surface area contributed by atoms with E-state index in [-0.39, 0.29) is 29.4 Å². The Hall–Kier alpha value is -2.69. The molecular formula is C21H28N4O5S. The number of aryl methyl sites for hydroxylation is 1. The number of nitrogens with zero attached hydrogens (tertiary/aromatic N) is 2. The molecule has 0 atom stereocenters. The molecule has 10 heteroatoms. The van der Waals surface area contributed by atoms with E-state index < -0.39 is 10.0 Å². The second-order valence-corrected chi connectivity index (χ2v) is 9.39. The van der Waals surface area contributed by atoms with Gasteiger partial charge >= 0.3 is 5.97 Å². The van der Waals surface area contributed by atoms with E-state index in [4.69, 9.17) is 4.74 Å². The molecule has 31 heavy (non-hydrogen) atoms. The van der Waals surface area contributed by atoms with Gasteiger partial charge in [0.2, 0.25) is 15.9 Å². The van der Waals surface area contributed by atoms with Crippen molar-refractivity contribution in [1.29, 1.82) is 0 Å². The lowest BCUT2D eigenvalue weighted by molar-refractivity contribution is -0.117. The minimum absolute atomic E-state index is 0.141. The number of anilines is 1. The summed E-state index contributed by atoms with van der Waals surface area (Å²) in [5.74, 6) is -0.559. The predicted molar refractivity (Wildman–Crippen MR) is 117 cm³/mol. The monoisotopic (exact) mass is 448 g/mol. The number of hydrogen-bond donors (Lipinski definition) is 2. The first-order valence-corrected chi connectivity index (χ1v) is 11.5. The summed E-state index contributed by atoms with van der Waals surface area (Å²) in [6.07, 6.45) is 3.50. The number of methoxy groups -OCH3 is 1. The quantitative estimate of drug-likeness (QED) is 0.625. The average Bonchev–Trinajstić information content (AvgIpc) is 3.25. The van der Waals surface area contributed by atoms with Crippen LogP contribution in [0.1, 0.15) is 34.9 Å². The molecule has 0 spiro atoms. The molecular weight excluding hydrogens is 420 g/mol. The summed E-state index contributed by atoms with van der Waals surface area (Å²) in [6.45, 7) is 3.34. The number of hydrogen-bond acceptors (Lipinski definition) is 6. The van der Waals surface area contributed by atoms with Crippen LogP contribution in [0.5, 0.6) is 0 Å². The standard InChI is InChI=1S/C21H28N4O5S/c1-15-6-7-16(13-19(15)31(28,29)22-2)23-20(26)14-24-11-8-17(9-12-24)25-10-4-5-18(25)21(27)30-3/h4-7,10,13,17,22H,8-9,11-12,14H2,1-3H3,(H,23,26). The Kier molecular flexibility index (Phi) is 7.14. The zero-order valence-corrected chi connectivity index (χ0v) is 18.7. The van der Waals surface area contributed by atoms with E-state index in [2.05, 4.69) is 10.0 Å². The largest absolute Gasteiger partial charge is 0.464 e. The molecule has 0 saturated carbocycles. The highest BCUT2D eigenvalue weighted by atomic mass is 32.2. The van der Waals surface area contributed by atoms with Crippen molar-refractivity contribution in [3.8, 4) is 0 Å². The summed E-state index contributed by atoms with van der Waals surface area (Å²) in [4.78, 5) is 26.6. The molecule has 2 heterocycles. The molecule has 1 fully saturated rings. The van der Waals surface area contributed by atoms with Crippen LogP contribution in [0.2, 0.25) is 0 Å². The fraction of sp³-hybridized carbons (Fsp3) is 0.429. The molecule has 168 valence electrons. The lowest BCUT2D eigenvalue weighted by Gasteiger charge is -2.32. The van der Waals surface area contributed by atoms with Gasteiger partial charge in [0.1, 0.15) is 5.69 Å². The number of nitrogens with one attached hydrogen (secondary N) is 2. The molecule has 0 aliphatic carbocycles. The molecule has 3 rings (SSSR count). The van der Waals surface area contributed by atoms with Gasteiger partial charge in [-0.3, -0.25) is 9.69 Å². The second-order valence-electron chi connectivity index (χ2n) is 7.54. The first-order chi connectivity index (χ1) is 14.7. The number of likely N-dealkylation sites (tertiary alicyclic amines) is 1. The van der Waals surface area contributed by atoms with E-state index in [0.29, 0.717) is 30.0 Å². The first-order valence-electron chi connectivity index (χ1n) is 10.1. The van der Waals surface area contributed by atoms with E-state index in [9.17, 15) is 18.0 Å². The highest BCUT2D eigenvalue weighted by Crippen LogP contribution is 2.25. The van der Waals surface area contributed by atoms with Gasteiger partial charge in [-0.2, -0.15) is 0 Å². The highest BCUT2D eigenvalue weighted by molar-refractivity contribution is 7.89. The van der Waals surface area contributed by atoms with Crippen molar-refractivity contribution in [2.24, 2.45) is 0 Å². The summed E-state index contributed by atoms with van der Waals surface area (Å²) in [5.41, 5.74) is 1.57. The summed E-state index contributed by atoms with van der Waals surface area (Å²) in [5, 5.41) is 2.78. The van der Waals surface area contributed by atoms with Crippen LogP contribution in [0.3, 0.4) is 0 Å². The summed E-state index contributed by atoms with van der Waals surface area (Å²) in [7, 11) is -0.881. The number of carbonyl (C=O) groups is 2. The van der Waals surface area contributed by atoms with Crippen molar-refractivity contribution in [2.75, 3.05) is 39.1 Å². The van der Waals surface area contributed by atoms with E-state index in [1.165, 1.54) is 20.2 Å². The maximum atomic E-state index is 12.5. The van der Waals surface area contributed by atoms with Gasteiger partial charge in [0.15, 0.2) is 0 Å². The van der Waals surface area contributed by atoms with E-state index in [1.54, 1.807) is 25.1 Å². The van der Waals surface area contributed by atoms with Gasteiger partial charge in [0.05, 0.1) is 18.6 Å². The molecule has 0 unspecified atom stereocenters. The minimum Gasteiger partial charge on any atom is -0.464 e. The topological polar surface area (TPSA) is 110 Å². The number of aromatic nitrogens is 1. The average molecular weight is 449 g/mol. The van der Waals surface area contributed by atoms with Gasteiger partial charge in [-0.1, -0.05) is 6.07 Å². The number of ether oxygens (including phenoxy) is 1. The summed E-state index contributed by atoms with van der Waals surface area (Å²) in [6, 6.07) is 8.57. The molecule has 2 aromatic rings. The van der Waals surface area contributed by atoms with Crippen LogP contribution in [-0.4, -0.2) is 63.6 Å². The van der Waals surface area contributed by atoms with Crippen LogP contribution in [0.25, 0.3) is 0 Å². The van der Waals surface area contributed by atoms with Crippen LogP contribution in [0, 0.1) is 6.92 Å². The highest BCUT2D eigenvalue weighted by Gasteiger charge is 2.25. The van der Waals surface area contributed by atoms with Crippen molar-refractivity contribution in [2.45, 2.75) is 30.7 Å². The zero-order valence-electron chi connectivity index (χ0n) is 17.9. The molecule has 1 aromatic carbocycles. The minimum atomic E-state index is -3.60. The van der Waals surface area contributed by atoms with Crippen LogP contribution in [-0.2, 0) is 19.6 Å². The fourth-order valence-electron chi connectivity index (χ4n) is 3.83. The van der Waals surface area contributed by atoms with Gasteiger partial charge in [-0.25, -0.2) is 17.9 Å². The van der Waals surface area contributed by atoms with Gasteiger partial charge in [-0.15, -0.1) is 0 Å². The predicted octanol–water partition coefficient (Wildman–Crippen LogP) is 1.77.